The molecule has 2 saturated heterocycles. The average Bonchev–Trinajstić information content (AvgIpc) is 3.20. The molecular weight excluding hydrogens is 316 g/mol. The summed E-state index contributed by atoms with van der Waals surface area (Å²) >= 11 is 0. The molecule has 0 radical (unpaired) electrons. The van der Waals surface area contributed by atoms with Gasteiger partial charge in [0.2, 0.25) is 0 Å². The van der Waals surface area contributed by atoms with E-state index in [4.69, 9.17) is 9.47 Å². The normalized spacial score (nSPS) is 23.7. The Labute approximate surface area is 150 Å². The summed E-state index contributed by atoms with van der Waals surface area (Å²) in [6, 6.07) is 7.97. The summed E-state index contributed by atoms with van der Waals surface area (Å²) in [5.41, 5.74) is 1.91. The molecule has 0 bridgehead atoms. The molecule has 1 amide bonds. The van der Waals surface area contributed by atoms with Gasteiger partial charge in [-0.3, -0.25) is 4.79 Å². The van der Waals surface area contributed by atoms with Crippen molar-refractivity contribution in [1.82, 2.24) is 4.90 Å². The molecule has 0 unspecified atom stereocenters. The van der Waals surface area contributed by atoms with Gasteiger partial charge < -0.3 is 19.3 Å². The second-order valence-corrected chi connectivity index (χ2v) is 7.03. The Morgan fingerprint density at radius 1 is 1.20 bits per heavy atom. The molecule has 2 fully saturated rings. The molecule has 0 aromatic heterocycles. The molecule has 2 aliphatic heterocycles. The minimum Gasteiger partial charge on any atom is -0.375 e. The molecule has 3 rings (SSSR count). The molecule has 5 heteroatoms. The highest BCUT2D eigenvalue weighted by Gasteiger charge is 2.33. The second-order valence-electron chi connectivity index (χ2n) is 7.03. The Hall–Kier alpha value is -1.59. The number of morpholine rings is 1. The van der Waals surface area contributed by atoms with Gasteiger partial charge in [-0.15, -0.1) is 0 Å². The first kappa shape index (κ1) is 18.2. The van der Waals surface area contributed by atoms with Gasteiger partial charge in [0.1, 0.15) is 6.10 Å². The van der Waals surface area contributed by atoms with E-state index in [1.807, 2.05) is 29.2 Å². The van der Waals surface area contributed by atoms with E-state index in [1.165, 1.54) is 12.8 Å². The summed E-state index contributed by atoms with van der Waals surface area (Å²) in [5.74, 6) is 0.0917. The molecule has 2 atom stereocenters. The monoisotopic (exact) mass is 346 g/mol. The van der Waals surface area contributed by atoms with Gasteiger partial charge in [0.15, 0.2) is 0 Å². The minimum atomic E-state index is 0.0136. The van der Waals surface area contributed by atoms with Crippen molar-refractivity contribution in [2.45, 2.75) is 44.8 Å². The Morgan fingerprint density at radius 2 is 1.96 bits per heavy atom. The van der Waals surface area contributed by atoms with Gasteiger partial charge >= 0.3 is 0 Å². The van der Waals surface area contributed by atoms with Gasteiger partial charge in [0, 0.05) is 44.5 Å². The third kappa shape index (κ3) is 4.53. The fourth-order valence-electron chi connectivity index (χ4n) is 3.55. The van der Waals surface area contributed by atoms with Crippen molar-refractivity contribution < 1.29 is 14.3 Å². The number of nitrogens with zero attached hydrogens (tertiary/aromatic N) is 2. The number of hydrogen-bond acceptors (Lipinski definition) is 4. The lowest BCUT2D eigenvalue weighted by Gasteiger charge is -2.35. The van der Waals surface area contributed by atoms with Gasteiger partial charge in [-0.25, -0.2) is 0 Å². The fraction of sp³-hybridized carbons (Fsp3) is 0.650. The predicted molar refractivity (Wildman–Crippen MR) is 99.2 cm³/mol. The zero-order chi connectivity index (χ0) is 17.6. The molecule has 0 spiro atoms. The molecule has 0 N–H and O–H groups in total. The molecular formula is C20H30N2O3. The van der Waals surface area contributed by atoms with Crippen LogP contribution < -0.4 is 4.90 Å². The van der Waals surface area contributed by atoms with Crippen LogP contribution in [-0.2, 0) is 9.47 Å². The van der Waals surface area contributed by atoms with Crippen molar-refractivity contribution in [2.24, 2.45) is 0 Å². The van der Waals surface area contributed by atoms with Crippen LogP contribution in [0, 0.1) is 0 Å². The van der Waals surface area contributed by atoms with Crippen molar-refractivity contribution in [2.75, 3.05) is 44.8 Å². The van der Waals surface area contributed by atoms with E-state index in [0.29, 0.717) is 19.7 Å². The highest BCUT2D eigenvalue weighted by Crippen LogP contribution is 2.22. The lowest BCUT2D eigenvalue weighted by atomic mass is 10.1. The maximum Gasteiger partial charge on any atom is 0.254 e. The first-order chi connectivity index (χ1) is 12.2. The van der Waals surface area contributed by atoms with Crippen molar-refractivity contribution in [3.05, 3.63) is 29.8 Å². The number of amides is 1. The Morgan fingerprint density at radius 3 is 2.64 bits per heavy atom. The van der Waals surface area contributed by atoms with Crippen LogP contribution >= 0.6 is 0 Å². The summed E-state index contributed by atoms with van der Waals surface area (Å²) in [5, 5.41) is 0. The van der Waals surface area contributed by atoms with E-state index in [-0.39, 0.29) is 18.1 Å². The minimum absolute atomic E-state index is 0.0136. The number of anilines is 1. The lowest BCUT2D eigenvalue weighted by molar-refractivity contribution is -0.0867. The number of rotatable bonds is 6. The number of benzene rings is 1. The van der Waals surface area contributed by atoms with Crippen molar-refractivity contribution in [3.8, 4) is 0 Å². The van der Waals surface area contributed by atoms with Gasteiger partial charge in [-0.2, -0.15) is 0 Å². The highest BCUT2D eigenvalue weighted by atomic mass is 16.5. The fourth-order valence-corrected chi connectivity index (χ4v) is 3.55. The van der Waals surface area contributed by atoms with Crippen LogP contribution in [0.1, 0.15) is 43.0 Å². The highest BCUT2D eigenvalue weighted by molar-refractivity contribution is 5.94. The van der Waals surface area contributed by atoms with Crippen molar-refractivity contribution in [3.63, 3.8) is 0 Å². The molecule has 0 aliphatic carbocycles. The topological polar surface area (TPSA) is 42.0 Å². The van der Waals surface area contributed by atoms with Gasteiger partial charge in [0.05, 0.1) is 12.7 Å². The molecule has 2 heterocycles. The summed E-state index contributed by atoms with van der Waals surface area (Å²) in [6.45, 7) is 5.92. The van der Waals surface area contributed by atoms with Gasteiger partial charge in [-0.05, 0) is 43.5 Å². The summed E-state index contributed by atoms with van der Waals surface area (Å²) in [7, 11) is 2.10. The van der Waals surface area contributed by atoms with Crippen LogP contribution in [0.3, 0.4) is 0 Å². The van der Waals surface area contributed by atoms with Crippen LogP contribution in [0.25, 0.3) is 0 Å². The molecule has 25 heavy (non-hydrogen) atoms. The third-order valence-corrected chi connectivity index (χ3v) is 5.16. The van der Waals surface area contributed by atoms with Gasteiger partial charge in [0.25, 0.3) is 5.91 Å². The van der Waals surface area contributed by atoms with E-state index in [0.717, 1.165) is 37.2 Å². The van der Waals surface area contributed by atoms with Crippen LogP contribution in [0.15, 0.2) is 24.3 Å². The SMILES string of the molecule is CCCCN(C)c1ccc(C(=O)N2CCO[C@H]([C@@H]3CCCO3)C2)cc1. The summed E-state index contributed by atoms with van der Waals surface area (Å²) in [4.78, 5) is 17.0. The molecule has 1 aromatic carbocycles. The molecule has 1 aromatic rings. The number of unbranched alkanes of at least 4 members (excludes halogenated alkanes) is 1. The summed E-state index contributed by atoms with van der Waals surface area (Å²) in [6.07, 6.45) is 4.64. The largest absolute Gasteiger partial charge is 0.375 e. The lowest BCUT2D eigenvalue weighted by Crippen LogP contribution is -2.49. The Kier molecular flexibility index (Phi) is 6.32. The predicted octanol–water partition coefficient (Wildman–Crippen LogP) is 2.94. The quantitative estimate of drug-likeness (QED) is 0.794. The maximum absolute atomic E-state index is 12.8. The van der Waals surface area contributed by atoms with Crippen LogP contribution in [-0.4, -0.2) is 62.9 Å². The van der Waals surface area contributed by atoms with E-state index in [2.05, 4.69) is 18.9 Å². The molecule has 0 saturated carbocycles. The third-order valence-electron chi connectivity index (χ3n) is 5.16. The second kappa shape index (κ2) is 8.68. The first-order valence-electron chi connectivity index (χ1n) is 9.52. The number of ether oxygens (including phenoxy) is 2. The molecule has 2 aliphatic rings. The number of carbonyl (C=O) groups excluding carboxylic acids is 1. The van der Waals surface area contributed by atoms with Crippen molar-refractivity contribution >= 4 is 11.6 Å². The van der Waals surface area contributed by atoms with Crippen molar-refractivity contribution in [1.29, 1.82) is 0 Å². The summed E-state index contributed by atoms with van der Waals surface area (Å²) < 4.78 is 11.6. The van der Waals surface area contributed by atoms with Crippen LogP contribution in [0.2, 0.25) is 0 Å². The Bertz CT molecular complexity index is 555. The van der Waals surface area contributed by atoms with Gasteiger partial charge in [-0.1, -0.05) is 13.3 Å². The number of hydrogen-bond donors (Lipinski definition) is 0. The van der Waals surface area contributed by atoms with E-state index in [9.17, 15) is 4.79 Å². The first-order valence-corrected chi connectivity index (χ1v) is 9.52. The van der Waals surface area contributed by atoms with E-state index in [1.54, 1.807) is 0 Å². The van der Waals surface area contributed by atoms with Crippen LogP contribution in [0.5, 0.6) is 0 Å². The zero-order valence-electron chi connectivity index (χ0n) is 15.4. The zero-order valence-corrected chi connectivity index (χ0v) is 15.4. The molecule has 138 valence electrons. The Balaban J connectivity index is 1.60. The molecule has 5 nitrogen and oxygen atoms in total. The smallest absolute Gasteiger partial charge is 0.254 e. The standard InChI is InChI=1S/C20H30N2O3/c1-3-4-11-21(2)17-9-7-16(8-10-17)20(23)22-12-14-25-19(15-22)18-6-5-13-24-18/h7-10,18-19H,3-6,11-15H2,1-2H3/t18-,19-/m0/s1. The maximum atomic E-state index is 12.8. The number of carbonyl (C=O) groups is 1. The van der Waals surface area contributed by atoms with Crippen LogP contribution in [0.4, 0.5) is 5.69 Å². The van der Waals surface area contributed by atoms with E-state index < -0.39 is 0 Å². The average molecular weight is 346 g/mol. The van der Waals surface area contributed by atoms with E-state index >= 15 is 0 Å².